The Balaban J connectivity index is 0.000000164. The third-order valence-corrected chi connectivity index (χ3v) is 11.7. The van der Waals surface area contributed by atoms with Crippen molar-refractivity contribution >= 4 is 36.0 Å². The molecule has 0 bridgehead atoms. The minimum absolute atomic E-state index is 0.255. The van der Waals surface area contributed by atoms with E-state index in [-0.39, 0.29) is 5.92 Å². The first kappa shape index (κ1) is 36.5. The molecule has 0 aliphatic rings. The summed E-state index contributed by atoms with van der Waals surface area (Å²) >= 11 is 0. The monoisotopic (exact) mass is 678 g/mol. The zero-order valence-corrected chi connectivity index (χ0v) is 28.3. The van der Waals surface area contributed by atoms with Gasteiger partial charge in [0.25, 0.3) is 14.7 Å². The van der Waals surface area contributed by atoms with E-state index < -0.39 is 26.9 Å². The highest BCUT2D eigenvalue weighted by molar-refractivity contribution is 7.73. The van der Waals surface area contributed by atoms with Crippen molar-refractivity contribution in [1.82, 2.24) is 0 Å². The van der Waals surface area contributed by atoms with Crippen LogP contribution in [0.5, 0.6) is 0 Å². The van der Waals surface area contributed by atoms with Gasteiger partial charge in [-0.15, -0.1) is 0 Å². The van der Waals surface area contributed by atoms with Gasteiger partial charge in [-0.2, -0.15) is 0 Å². The highest BCUT2D eigenvalue weighted by Gasteiger charge is 2.25. The summed E-state index contributed by atoms with van der Waals surface area (Å²) in [5.74, 6) is -0.255. The van der Waals surface area contributed by atoms with Crippen LogP contribution in [0.4, 0.5) is 0 Å². The molecule has 6 aromatic rings. The van der Waals surface area contributed by atoms with Crippen LogP contribution in [0.1, 0.15) is 30.3 Å². The molecule has 0 fully saturated rings. The first-order valence-electron chi connectivity index (χ1n) is 15.5. The van der Waals surface area contributed by atoms with Crippen LogP contribution >= 0.6 is 14.7 Å². The average Bonchev–Trinajstić information content (AvgIpc) is 3.16. The van der Waals surface area contributed by atoms with E-state index in [1.54, 1.807) is 97.1 Å². The van der Waals surface area contributed by atoms with Crippen molar-refractivity contribution in [3.8, 4) is 0 Å². The molecule has 0 saturated heterocycles. The minimum Gasteiger partial charge on any atom is -0.388 e. The fourth-order valence-corrected chi connectivity index (χ4v) is 7.80. The van der Waals surface area contributed by atoms with Gasteiger partial charge in [0.1, 0.15) is 0 Å². The average molecular weight is 679 g/mol. The Bertz CT molecular complexity index is 1650. The van der Waals surface area contributed by atoms with E-state index >= 15 is 0 Å². The number of aliphatic hydroxyl groups excluding tert-OH is 2. The van der Waals surface area contributed by atoms with Gasteiger partial charge in [-0.05, 0) is 59.7 Å². The van der Waals surface area contributed by atoms with Gasteiger partial charge in [0.15, 0.2) is 0 Å². The van der Waals surface area contributed by atoms with Crippen molar-refractivity contribution < 1.29 is 29.1 Å². The lowest BCUT2D eigenvalue weighted by atomic mass is 9.89. The van der Waals surface area contributed by atoms with Crippen LogP contribution in [0.15, 0.2) is 182 Å². The van der Waals surface area contributed by atoms with E-state index in [1.165, 1.54) is 0 Å². The van der Waals surface area contributed by atoms with Gasteiger partial charge in [-0.3, -0.25) is 9.13 Å². The van der Waals surface area contributed by atoms with Gasteiger partial charge in [-0.1, -0.05) is 140 Å². The second-order valence-electron chi connectivity index (χ2n) is 11.1. The highest BCUT2D eigenvalue weighted by atomic mass is 31.2. The predicted molar refractivity (Wildman–Crippen MR) is 196 cm³/mol. The second kappa shape index (κ2) is 17.7. The van der Waals surface area contributed by atoms with Crippen molar-refractivity contribution in [2.24, 2.45) is 5.92 Å². The van der Waals surface area contributed by atoms with E-state index in [4.69, 9.17) is 0 Å². The van der Waals surface area contributed by atoms with Crippen molar-refractivity contribution in [3.05, 3.63) is 193 Å². The minimum atomic E-state index is -3.40. The molecule has 6 rings (SSSR count). The molecule has 0 heterocycles. The highest BCUT2D eigenvalue weighted by Crippen LogP contribution is 2.38. The van der Waals surface area contributed by atoms with Crippen molar-refractivity contribution in [2.45, 2.75) is 19.1 Å². The molecular formula is C40H40O6P2. The molecule has 2 atom stereocenters. The topological polar surface area (TPSA) is 115 Å². The number of hydrogen-bond donors (Lipinski definition) is 4. The summed E-state index contributed by atoms with van der Waals surface area (Å²) in [6.45, 7) is 1.86. The Morgan fingerprint density at radius 3 is 0.771 bits per heavy atom. The largest absolute Gasteiger partial charge is 0.388 e. The molecule has 8 heteroatoms. The zero-order chi connectivity index (χ0) is 34.4. The normalized spacial score (nSPS) is 13.0. The van der Waals surface area contributed by atoms with Gasteiger partial charge in [0, 0.05) is 27.1 Å². The van der Waals surface area contributed by atoms with E-state index in [9.17, 15) is 29.1 Å². The van der Waals surface area contributed by atoms with Crippen molar-refractivity contribution in [1.29, 1.82) is 0 Å². The summed E-state index contributed by atoms with van der Waals surface area (Å²) in [7, 11) is -6.79. The lowest BCUT2D eigenvalue weighted by Gasteiger charge is -2.24. The van der Waals surface area contributed by atoms with E-state index in [2.05, 4.69) is 0 Å². The van der Waals surface area contributed by atoms with Crippen LogP contribution in [0.3, 0.4) is 0 Å². The molecule has 6 nitrogen and oxygen atoms in total. The molecule has 6 aromatic carbocycles. The molecule has 246 valence electrons. The van der Waals surface area contributed by atoms with Gasteiger partial charge in [0.05, 0.1) is 12.2 Å². The first-order chi connectivity index (χ1) is 23.1. The summed E-state index contributed by atoms with van der Waals surface area (Å²) in [5, 5.41) is 22.4. The molecule has 48 heavy (non-hydrogen) atoms. The fourth-order valence-electron chi connectivity index (χ4n) is 4.90. The molecule has 0 spiro atoms. The van der Waals surface area contributed by atoms with E-state index in [1.807, 2.05) is 91.9 Å². The SMILES string of the molecule is CC(C(O)c1ccccc1)C(O)c1ccccc1.O=P(O)(c1ccccc1)c1ccccc1.O=P(O)(c1ccccc1)c1ccccc1. The lowest BCUT2D eigenvalue weighted by molar-refractivity contribution is 0.0199. The second-order valence-corrected chi connectivity index (χ2v) is 15.4. The number of hydrogen-bond acceptors (Lipinski definition) is 4. The summed E-state index contributed by atoms with van der Waals surface area (Å²) in [6.07, 6.45) is -1.33. The summed E-state index contributed by atoms with van der Waals surface area (Å²) in [4.78, 5) is 20.0. The molecule has 0 amide bonds. The van der Waals surface area contributed by atoms with Gasteiger partial charge in [0.2, 0.25) is 0 Å². The van der Waals surface area contributed by atoms with Crippen LogP contribution in [-0.2, 0) is 9.13 Å². The van der Waals surface area contributed by atoms with Crippen LogP contribution in [0, 0.1) is 5.92 Å². The first-order valence-corrected chi connectivity index (χ1v) is 18.8. The van der Waals surface area contributed by atoms with Gasteiger partial charge < -0.3 is 20.0 Å². The van der Waals surface area contributed by atoms with Crippen LogP contribution in [-0.4, -0.2) is 20.0 Å². The number of rotatable bonds is 8. The maximum absolute atomic E-state index is 12.2. The Morgan fingerprint density at radius 2 is 0.562 bits per heavy atom. The van der Waals surface area contributed by atoms with Gasteiger partial charge in [-0.25, -0.2) is 0 Å². The van der Waals surface area contributed by atoms with Crippen molar-refractivity contribution in [2.75, 3.05) is 0 Å². The predicted octanol–water partition coefficient (Wildman–Crippen LogP) is 6.91. The van der Waals surface area contributed by atoms with Crippen LogP contribution < -0.4 is 21.2 Å². The Hall–Kier alpha value is -4.38. The van der Waals surface area contributed by atoms with Crippen molar-refractivity contribution in [3.63, 3.8) is 0 Å². The molecule has 0 radical (unpaired) electrons. The smallest absolute Gasteiger partial charge is 0.258 e. The molecule has 0 aromatic heterocycles. The molecule has 0 aliphatic carbocycles. The maximum atomic E-state index is 12.2. The quantitative estimate of drug-likeness (QED) is 0.130. The summed E-state index contributed by atoms with van der Waals surface area (Å²) < 4.78 is 24.3. The van der Waals surface area contributed by atoms with Crippen LogP contribution in [0.25, 0.3) is 0 Å². The molecule has 0 saturated carbocycles. The zero-order valence-electron chi connectivity index (χ0n) is 26.6. The Kier molecular flexibility index (Phi) is 13.4. The summed E-state index contributed by atoms with van der Waals surface area (Å²) in [6, 6.07) is 53.7. The third-order valence-electron chi connectivity index (χ3n) is 7.70. The van der Waals surface area contributed by atoms with E-state index in [0.29, 0.717) is 21.2 Å². The van der Waals surface area contributed by atoms with E-state index in [0.717, 1.165) is 11.1 Å². The van der Waals surface area contributed by atoms with Crippen LogP contribution in [0.2, 0.25) is 0 Å². The Morgan fingerprint density at radius 1 is 0.375 bits per heavy atom. The standard InChI is InChI=1S/C16H18O2.2C12H11O2P/c1-12(15(17)13-8-4-2-5-9-13)16(18)14-10-6-3-7-11-14;2*13-15(14,11-7-3-1-4-8-11)12-9-5-2-6-10-12/h2-12,15-18H,1H3;2*1-10H,(H,13,14). The number of aliphatic hydroxyl groups is 2. The molecule has 2 unspecified atom stereocenters. The number of benzene rings is 6. The fraction of sp³-hybridized carbons (Fsp3) is 0.100. The van der Waals surface area contributed by atoms with Gasteiger partial charge >= 0.3 is 0 Å². The lowest BCUT2D eigenvalue weighted by Crippen LogP contribution is -2.17. The molecule has 0 aliphatic heterocycles. The Labute approximate surface area is 282 Å². The summed E-state index contributed by atoms with van der Waals surface area (Å²) in [5.41, 5.74) is 1.67. The third kappa shape index (κ3) is 9.82. The maximum Gasteiger partial charge on any atom is 0.258 e. The molecular weight excluding hydrogens is 638 g/mol. The molecule has 4 N–H and O–H groups in total.